The van der Waals surface area contributed by atoms with Crippen molar-refractivity contribution in [2.75, 3.05) is 6.61 Å². The Hall–Kier alpha value is -2.90. The Morgan fingerprint density at radius 3 is 2.35 bits per heavy atom. The highest BCUT2D eigenvalue weighted by atomic mass is 19.4. The van der Waals surface area contributed by atoms with Crippen molar-refractivity contribution in [3.8, 4) is 5.75 Å². The average molecular weight is 436 g/mol. The van der Waals surface area contributed by atoms with Crippen LogP contribution in [0, 0.1) is 19.8 Å². The molecule has 1 amide bonds. The Morgan fingerprint density at radius 1 is 1.10 bits per heavy atom. The number of nitrogens with zero attached hydrogens (tertiary/aromatic N) is 1. The second kappa shape index (κ2) is 9.94. The van der Waals surface area contributed by atoms with Gasteiger partial charge in [-0.1, -0.05) is 13.8 Å². The number of rotatable bonds is 8. The van der Waals surface area contributed by atoms with Gasteiger partial charge in [-0.3, -0.25) is 14.6 Å². The highest BCUT2D eigenvalue weighted by Crippen LogP contribution is 2.23. The minimum Gasteiger partial charge on any atom is -0.484 e. The van der Waals surface area contributed by atoms with E-state index in [1.807, 2.05) is 33.8 Å². The van der Waals surface area contributed by atoms with Crippen LogP contribution in [-0.2, 0) is 11.2 Å². The monoisotopic (exact) mass is 436 g/mol. The summed E-state index contributed by atoms with van der Waals surface area (Å²) in [5, 5.41) is 2.87. The fraction of sp³-hybridized carbons (Fsp3) is 0.435. The summed E-state index contributed by atoms with van der Waals surface area (Å²) in [5.41, 5.74) is 2.95. The molecule has 0 radical (unpaired) electrons. The molecule has 1 atom stereocenters. The SMILES string of the molecule is Cc1cc(C(C)NC(=O)c2ccc(OCC(F)(F)F)c(C)c2)cc(CC(=O)C(C)C)n1. The van der Waals surface area contributed by atoms with E-state index >= 15 is 0 Å². The highest BCUT2D eigenvalue weighted by Gasteiger charge is 2.28. The molecule has 2 aromatic rings. The summed E-state index contributed by atoms with van der Waals surface area (Å²) in [6.07, 6.45) is -4.20. The number of ether oxygens (including phenoxy) is 1. The van der Waals surface area contributed by atoms with Crippen molar-refractivity contribution >= 4 is 11.7 Å². The number of carbonyl (C=O) groups excluding carboxylic acids is 2. The maximum Gasteiger partial charge on any atom is 0.422 e. The molecule has 2 rings (SSSR count). The zero-order valence-electron chi connectivity index (χ0n) is 18.3. The van der Waals surface area contributed by atoms with Gasteiger partial charge in [-0.05, 0) is 62.2 Å². The second-order valence-corrected chi connectivity index (χ2v) is 7.91. The predicted molar refractivity (Wildman–Crippen MR) is 111 cm³/mol. The molecule has 0 saturated heterocycles. The molecule has 168 valence electrons. The van der Waals surface area contributed by atoms with Crippen molar-refractivity contribution in [2.45, 2.75) is 53.3 Å². The number of halogens is 3. The van der Waals surface area contributed by atoms with E-state index in [1.54, 1.807) is 13.0 Å². The van der Waals surface area contributed by atoms with E-state index in [-0.39, 0.29) is 35.8 Å². The summed E-state index contributed by atoms with van der Waals surface area (Å²) in [6, 6.07) is 7.55. The highest BCUT2D eigenvalue weighted by molar-refractivity contribution is 5.94. The lowest BCUT2D eigenvalue weighted by atomic mass is 10.0. The molecule has 1 N–H and O–H groups in total. The van der Waals surface area contributed by atoms with Crippen molar-refractivity contribution in [3.05, 3.63) is 58.4 Å². The van der Waals surface area contributed by atoms with Crippen molar-refractivity contribution in [3.63, 3.8) is 0 Å². The van der Waals surface area contributed by atoms with E-state index in [0.29, 0.717) is 16.8 Å². The zero-order valence-corrected chi connectivity index (χ0v) is 18.3. The van der Waals surface area contributed by atoms with E-state index < -0.39 is 12.8 Å². The fourth-order valence-electron chi connectivity index (χ4n) is 2.96. The van der Waals surface area contributed by atoms with Crippen LogP contribution in [-0.4, -0.2) is 29.5 Å². The third-order valence-corrected chi connectivity index (χ3v) is 4.70. The number of nitrogens with one attached hydrogen (secondary N) is 1. The quantitative estimate of drug-likeness (QED) is 0.639. The molecular weight excluding hydrogens is 409 g/mol. The van der Waals surface area contributed by atoms with Gasteiger partial charge in [0.25, 0.3) is 5.91 Å². The van der Waals surface area contributed by atoms with Crippen LogP contribution in [0.3, 0.4) is 0 Å². The van der Waals surface area contributed by atoms with Crippen LogP contribution in [0.2, 0.25) is 0 Å². The van der Waals surface area contributed by atoms with Crippen LogP contribution in [0.4, 0.5) is 13.2 Å². The molecule has 0 aliphatic carbocycles. The fourth-order valence-corrected chi connectivity index (χ4v) is 2.96. The number of pyridine rings is 1. The van der Waals surface area contributed by atoms with E-state index in [0.717, 1.165) is 11.3 Å². The zero-order chi connectivity index (χ0) is 23.3. The van der Waals surface area contributed by atoms with Gasteiger partial charge in [-0.25, -0.2) is 0 Å². The van der Waals surface area contributed by atoms with Crippen molar-refractivity contribution in [1.82, 2.24) is 10.3 Å². The number of carbonyl (C=O) groups is 2. The third kappa shape index (κ3) is 7.38. The van der Waals surface area contributed by atoms with Crippen molar-refractivity contribution in [1.29, 1.82) is 0 Å². The lowest BCUT2D eigenvalue weighted by Crippen LogP contribution is -2.27. The van der Waals surface area contributed by atoms with Gasteiger partial charge < -0.3 is 10.1 Å². The lowest BCUT2D eigenvalue weighted by molar-refractivity contribution is -0.153. The molecule has 31 heavy (non-hydrogen) atoms. The Bertz CT molecular complexity index is 956. The maximum absolute atomic E-state index is 12.6. The van der Waals surface area contributed by atoms with Gasteiger partial charge in [0.1, 0.15) is 11.5 Å². The molecule has 0 bridgehead atoms. The van der Waals surface area contributed by atoms with Crippen LogP contribution in [0.25, 0.3) is 0 Å². The summed E-state index contributed by atoms with van der Waals surface area (Å²) >= 11 is 0. The van der Waals surface area contributed by atoms with E-state index in [9.17, 15) is 22.8 Å². The van der Waals surface area contributed by atoms with Crippen LogP contribution in [0.1, 0.15) is 59.7 Å². The van der Waals surface area contributed by atoms with Crippen molar-refractivity contribution < 1.29 is 27.5 Å². The third-order valence-electron chi connectivity index (χ3n) is 4.70. The average Bonchev–Trinajstić information content (AvgIpc) is 2.65. The summed E-state index contributed by atoms with van der Waals surface area (Å²) in [5.74, 6) is -0.295. The standard InChI is InChI=1S/C23H27F3N2O3/c1-13(2)20(29)11-19-10-18(9-15(4)27-19)16(5)28-22(30)17-6-7-21(14(3)8-17)31-12-23(24,25)26/h6-10,13,16H,11-12H2,1-5H3,(H,28,30). The lowest BCUT2D eigenvalue weighted by Gasteiger charge is -2.17. The molecular formula is C23H27F3N2O3. The molecule has 0 saturated carbocycles. The van der Waals surface area contributed by atoms with E-state index in [2.05, 4.69) is 10.3 Å². The van der Waals surface area contributed by atoms with Crippen LogP contribution in [0.5, 0.6) is 5.75 Å². The van der Waals surface area contributed by atoms with Gasteiger partial charge in [-0.2, -0.15) is 13.2 Å². The van der Waals surface area contributed by atoms with Gasteiger partial charge in [0.2, 0.25) is 0 Å². The van der Waals surface area contributed by atoms with Crippen LogP contribution in [0.15, 0.2) is 30.3 Å². The number of ketones is 1. The summed E-state index contributed by atoms with van der Waals surface area (Å²) in [7, 11) is 0. The van der Waals surface area contributed by atoms with E-state index in [1.165, 1.54) is 18.2 Å². The molecule has 1 aromatic carbocycles. The number of aromatic nitrogens is 1. The minimum atomic E-state index is -4.43. The summed E-state index contributed by atoms with van der Waals surface area (Å²) in [6.45, 7) is 7.50. The Balaban J connectivity index is 2.11. The number of benzene rings is 1. The largest absolute Gasteiger partial charge is 0.484 e. The number of Topliss-reactive ketones (excluding diaryl/α,β-unsaturated/α-hetero) is 1. The van der Waals surface area contributed by atoms with Gasteiger partial charge >= 0.3 is 6.18 Å². The number of hydrogen-bond donors (Lipinski definition) is 1. The smallest absolute Gasteiger partial charge is 0.422 e. The van der Waals surface area contributed by atoms with Gasteiger partial charge in [0.05, 0.1) is 6.04 Å². The first-order valence-electron chi connectivity index (χ1n) is 9.97. The predicted octanol–water partition coefficient (Wildman–Crippen LogP) is 4.90. The number of hydrogen-bond acceptors (Lipinski definition) is 4. The Morgan fingerprint density at radius 2 is 1.77 bits per heavy atom. The molecule has 0 spiro atoms. The van der Waals surface area contributed by atoms with Gasteiger partial charge in [0, 0.05) is 29.3 Å². The van der Waals surface area contributed by atoms with Gasteiger partial charge in [0.15, 0.2) is 6.61 Å². The number of alkyl halides is 3. The molecule has 1 unspecified atom stereocenters. The van der Waals surface area contributed by atoms with Crippen molar-refractivity contribution in [2.24, 2.45) is 5.92 Å². The normalized spacial score (nSPS) is 12.5. The maximum atomic E-state index is 12.6. The topological polar surface area (TPSA) is 68.3 Å². The molecule has 1 heterocycles. The molecule has 1 aromatic heterocycles. The van der Waals surface area contributed by atoms with Gasteiger partial charge in [-0.15, -0.1) is 0 Å². The Labute approximate surface area is 180 Å². The number of amides is 1. The molecule has 8 heteroatoms. The molecule has 0 fully saturated rings. The first kappa shape index (κ1) is 24.4. The summed E-state index contributed by atoms with van der Waals surface area (Å²) in [4.78, 5) is 29.1. The van der Waals surface area contributed by atoms with E-state index in [4.69, 9.17) is 4.74 Å². The van der Waals surface area contributed by atoms with Crippen LogP contribution < -0.4 is 10.1 Å². The second-order valence-electron chi connectivity index (χ2n) is 7.91. The molecule has 5 nitrogen and oxygen atoms in total. The minimum absolute atomic E-state index is 0.0751. The molecule has 0 aliphatic rings. The number of aryl methyl sites for hydroxylation is 2. The first-order valence-corrected chi connectivity index (χ1v) is 9.97. The summed E-state index contributed by atoms with van der Waals surface area (Å²) < 4.78 is 41.8. The first-order chi connectivity index (χ1) is 14.4. The molecule has 0 aliphatic heterocycles. The van der Waals surface area contributed by atoms with Crippen LogP contribution >= 0.6 is 0 Å². The Kier molecular flexibility index (Phi) is 7.81.